The van der Waals surface area contributed by atoms with Crippen molar-refractivity contribution < 1.29 is 9.90 Å². The average molecular weight is 237 g/mol. The molecule has 14 heavy (non-hydrogen) atoms. The normalized spacial score (nSPS) is 12.5. The summed E-state index contributed by atoms with van der Waals surface area (Å²) in [6.07, 6.45) is 1.13. The molecular weight excluding hydrogens is 231 g/mol. The quantitative estimate of drug-likeness (QED) is 0.838. The summed E-state index contributed by atoms with van der Waals surface area (Å²) in [5, 5.41) is 12.0. The Morgan fingerprint density at radius 3 is 2.71 bits per heavy atom. The number of rotatable bonds is 2. The van der Waals surface area contributed by atoms with E-state index in [2.05, 4.69) is 5.10 Å². The van der Waals surface area contributed by atoms with Gasteiger partial charge in [-0.3, -0.25) is 4.79 Å². The molecule has 0 aliphatic heterocycles. The summed E-state index contributed by atoms with van der Waals surface area (Å²) in [5.41, 5.74) is -0.714. The molecule has 1 rings (SSSR count). The molecule has 0 saturated heterocycles. The van der Waals surface area contributed by atoms with E-state index in [9.17, 15) is 9.59 Å². The molecule has 0 amide bonds. The number of carboxylic acids is 1. The smallest absolute Gasteiger partial charge is 0.328 e. The van der Waals surface area contributed by atoms with Gasteiger partial charge in [0.25, 0.3) is 5.56 Å². The molecule has 0 saturated carbocycles. The van der Waals surface area contributed by atoms with Crippen LogP contribution in [0.5, 0.6) is 0 Å². The lowest BCUT2D eigenvalue weighted by atomic mass is 10.3. The summed E-state index contributed by atoms with van der Waals surface area (Å²) in [7, 11) is 0. The fourth-order valence-electron chi connectivity index (χ4n) is 0.805. The Kier molecular flexibility index (Phi) is 3.13. The lowest BCUT2D eigenvalue weighted by Crippen LogP contribution is -2.30. The van der Waals surface area contributed by atoms with Crippen molar-refractivity contribution in [3.05, 3.63) is 26.6 Å². The van der Waals surface area contributed by atoms with E-state index in [1.165, 1.54) is 6.92 Å². The molecule has 0 spiro atoms. The van der Waals surface area contributed by atoms with Crippen LogP contribution in [0.4, 0.5) is 0 Å². The van der Waals surface area contributed by atoms with Gasteiger partial charge in [-0.15, -0.1) is 0 Å². The van der Waals surface area contributed by atoms with Crippen LogP contribution < -0.4 is 5.56 Å². The van der Waals surface area contributed by atoms with Crippen molar-refractivity contribution in [1.29, 1.82) is 0 Å². The van der Waals surface area contributed by atoms with E-state index < -0.39 is 17.6 Å². The molecule has 0 aliphatic carbocycles. The van der Waals surface area contributed by atoms with Crippen molar-refractivity contribution >= 4 is 29.2 Å². The maximum Gasteiger partial charge on any atom is 0.328 e. The van der Waals surface area contributed by atoms with Crippen LogP contribution >= 0.6 is 23.2 Å². The standard InChI is InChI=1S/C7H6Cl2N2O3/c1-3(7(13)14)11-6(12)5(9)4(8)2-10-11/h2-3H,1H3,(H,13,14)/t3-/m0/s1. The van der Waals surface area contributed by atoms with Crippen molar-refractivity contribution in [2.24, 2.45) is 0 Å². The largest absolute Gasteiger partial charge is 0.480 e. The van der Waals surface area contributed by atoms with Crippen molar-refractivity contribution in [3.8, 4) is 0 Å². The van der Waals surface area contributed by atoms with E-state index in [1.54, 1.807) is 0 Å². The van der Waals surface area contributed by atoms with Gasteiger partial charge >= 0.3 is 5.97 Å². The Balaban J connectivity index is 3.32. The van der Waals surface area contributed by atoms with E-state index in [0.717, 1.165) is 10.9 Å². The van der Waals surface area contributed by atoms with E-state index >= 15 is 0 Å². The lowest BCUT2D eigenvalue weighted by Gasteiger charge is -2.08. The molecule has 1 N–H and O–H groups in total. The lowest BCUT2D eigenvalue weighted by molar-refractivity contribution is -0.140. The molecule has 0 radical (unpaired) electrons. The zero-order valence-electron chi connectivity index (χ0n) is 7.07. The second-order valence-electron chi connectivity index (χ2n) is 2.57. The minimum absolute atomic E-state index is 0.00510. The number of carbonyl (C=O) groups is 1. The highest BCUT2D eigenvalue weighted by atomic mass is 35.5. The maximum atomic E-state index is 11.4. The Morgan fingerprint density at radius 2 is 2.21 bits per heavy atom. The van der Waals surface area contributed by atoms with Crippen LogP contribution in [-0.2, 0) is 4.79 Å². The van der Waals surface area contributed by atoms with Gasteiger partial charge in [-0.25, -0.2) is 9.48 Å². The third-order valence-electron chi connectivity index (χ3n) is 1.63. The van der Waals surface area contributed by atoms with E-state index in [1.807, 2.05) is 0 Å². The molecule has 0 unspecified atom stereocenters. The number of hydrogen-bond donors (Lipinski definition) is 1. The number of carboxylic acid groups (broad SMARTS) is 1. The second kappa shape index (κ2) is 3.98. The van der Waals surface area contributed by atoms with Crippen molar-refractivity contribution in [1.82, 2.24) is 9.78 Å². The Hall–Kier alpha value is -1.07. The topological polar surface area (TPSA) is 72.2 Å². The summed E-state index contributed by atoms with van der Waals surface area (Å²) in [6.45, 7) is 1.32. The molecule has 0 bridgehead atoms. The van der Waals surface area contributed by atoms with E-state index in [-0.39, 0.29) is 10.0 Å². The van der Waals surface area contributed by atoms with Crippen LogP contribution in [0.15, 0.2) is 11.0 Å². The summed E-state index contributed by atoms with van der Waals surface area (Å²) >= 11 is 11.0. The zero-order valence-corrected chi connectivity index (χ0v) is 8.58. The monoisotopic (exact) mass is 236 g/mol. The fraction of sp³-hybridized carbons (Fsp3) is 0.286. The van der Waals surface area contributed by atoms with Crippen LogP contribution in [0.3, 0.4) is 0 Å². The number of aliphatic carboxylic acids is 1. The van der Waals surface area contributed by atoms with Gasteiger partial charge in [-0.2, -0.15) is 5.10 Å². The van der Waals surface area contributed by atoms with Crippen LogP contribution in [0, 0.1) is 0 Å². The van der Waals surface area contributed by atoms with Gasteiger partial charge in [0.1, 0.15) is 5.02 Å². The van der Waals surface area contributed by atoms with Gasteiger partial charge in [-0.1, -0.05) is 23.2 Å². The number of halogens is 2. The molecule has 1 aromatic rings. The molecular formula is C7H6Cl2N2O3. The van der Waals surface area contributed by atoms with Gasteiger partial charge in [0.15, 0.2) is 6.04 Å². The number of aromatic nitrogens is 2. The van der Waals surface area contributed by atoms with E-state index in [0.29, 0.717) is 0 Å². The van der Waals surface area contributed by atoms with Crippen LogP contribution in [0.2, 0.25) is 10.0 Å². The highest BCUT2D eigenvalue weighted by molar-refractivity contribution is 6.41. The van der Waals surface area contributed by atoms with Crippen LogP contribution in [-0.4, -0.2) is 20.9 Å². The van der Waals surface area contributed by atoms with E-state index in [4.69, 9.17) is 28.3 Å². The highest BCUT2D eigenvalue weighted by Crippen LogP contribution is 2.15. The molecule has 0 aliphatic rings. The third-order valence-corrected chi connectivity index (χ3v) is 2.37. The molecule has 0 aromatic carbocycles. The SMILES string of the molecule is C[C@@H](C(=O)O)n1ncc(Cl)c(Cl)c1=O. The minimum atomic E-state index is -1.17. The van der Waals surface area contributed by atoms with Gasteiger partial charge in [0.05, 0.1) is 11.2 Å². The predicted molar refractivity (Wildman–Crippen MR) is 50.9 cm³/mol. The molecule has 1 heterocycles. The Labute approximate surface area is 88.9 Å². The first-order valence-corrected chi connectivity index (χ1v) is 4.36. The fourth-order valence-corrected chi connectivity index (χ4v) is 1.07. The van der Waals surface area contributed by atoms with Crippen molar-refractivity contribution in [2.75, 3.05) is 0 Å². The predicted octanol–water partition coefficient (Wildman–Crippen LogP) is 1.20. The summed E-state index contributed by atoms with van der Waals surface area (Å²) < 4.78 is 0.760. The van der Waals surface area contributed by atoms with Gasteiger partial charge in [0.2, 0.25) is 0 Å². The van der Waals surface area contributed by atoms with Gasteiger partial charge in [-0.05, 0) is 6.92 Å². The average Bonchev–Trinajstić information content (AvgIpc) is 2.13. The first-order chi connectivity index (χ1) is 6.45. The molecule has 76 valence electrons. The summed E-state index contributed by atoms with van der Waals surface area (Å²) in [5.74, 6) is -1.17. The first kappa shape index (κ1) is 11.0. The minimum Gasteiger partial charge on any atom is -0.480 e. The summed E-state index contributed by atoms with van der Waals surface area (Å²) in [6, 6.07) is -1.07. The molecule has 1 aromatic heterocycles. The number of nitrogens with zero attached hydrogens (tertiary/aromatic N) is 2. The van der Waals surface area contributed by atoms with Gasteiger partial charge in [0, 0.05) is 0 Å². The van der Waals surface area contributed by atoms with Crippen LogP contribution in [0.25, 0.3) is 0 Å². The Bertz CT molecular complexity index is 429. The van der Waals surface area contributed by atoms with Crippen LogP contribution in [0.1, 0.15) is 13.0 Å². The molecule has 1 atom stereocenters. The second-order valence-corrected chi connectivity index (χ2v) is 3.36. The Morgan fingerprint density at radius 1 is 1.64 bits per heavy atom. The molecule has 5 nitrogen and oxygen atoms in total. The zero-order chi connectivity index (χ0) is 10.9. The molecule has 0 fully saturated rings. The summed E-state index contributed by atoms with van der Waals surface area (Å²) in [4.78, 5) is 21.9. The highest BCUT2D eigenvalue weighted by Gasteiger charge is 2.18. The van der Waals surface area contributed by atoms with Crippen molar-refractivity contribution in [3.63, 3.8) is 0 Å². The maximum absolute atomic E-state index is 11.4. The van der Waals surface area contributed by atoms with Gasteiger partial charge < -0.3 is 5.11 Å². The number of hydrogen-bond acceptors (Lipinski definition) is 3. The molecule has 7 heteroatoms. The first-order valence-electron chi connectivity index (χ1n) is 3.60. The van der Waals surface area contributed by atoms with Crippen molar-refractivity contribution in [2.45, 2.75) is 13.0 Å². The third kappa shape index (κ3) is 1.88.